The molecule has 1 amide bonds. The molecule has 0 spiro atoms. The van der Waals surface area contributed by atoms with Crippen LogP contribution in [0.3, 0.4) is 0 Å². The molecule has 0 aromatic heterocycles. The molecule has 0 atom stereocenters. The molecular formula is C17H18ClNO4. The number of carbonyl (C=O) groups excluding carboxylic acids is 1. The van der Waals surface area contributed by atoms with Gasteiger partial charge in [0.15, 0.2) is 11.5 Å². The minimum Gasteiger partial charge on any atom is -0.493 e. The van der Waals surface area contributed by atoms with Gasteiger partial charge in [0.25, 0.3) is 5.91 Å². The van der Waals surface area contributed by atoms with Crippen molar-refractivity contribution in [1.82, 2.24) is 0 Å². The van der Waals surface area contributed by atoms with Crippen LogP contribution in [0.25, 0.3) is 0 Å². The molecule has 0 heterocycles. The molecule has 2 aromatic carbocycles. The number of methoxy groups -OCH3 is 3. The first-order valence-electron chi connectivity index (χ1n) is 6.88. The van der Waals surface area contributed by atoms with Crippen molar-refractivity contribution >= 4 is 23.2 Å². The summed E-state index contributed by atoms with van der Waals surface area (Å²) in [5, 5.41) is 3.46. The minimum absolute atomic E-state index is 0.312. The quantitative estimate of drug-likeness (QED) is 0.899. The van der Waals surface area contributed by atoms with Crippen LogP contribution in [0.15, 0.2) is 30.3 Å². The smallest absolute Gasteiger partial charge is 0.259 e. The summed E-state index contributed by atoms with van der Waals surface area (Å²) < 4.78 is 15.8. The van der Waals surface area contributed by atoms with Crippen molar-refractivity contribution in [3.63, 3.8) is 0 Å². The number of aryl methyl sites for hydroxylation is 1. The Bertz CT molecular complexity index is 731. The SMILES string of the molecule is COc1ccc(C(=O)Nc2ccc(Cl)cc2C)c(OC)c1OC. The number of amides is 1. The number of hydrogen-bond acceptors (Lipinski definition) is 4. The van der Waals surface area contributed by atoms with Gasteiger partial charge in [0.05, 0.1) is 26.9 Å². The third-order valence-corrected chi connectivity index (χ3v) is 3.62. The average molecular weight is 336 g/mol. The maximum atomic E-state index is 12.6. The van der Waals surface area contributed by atoms with E-state index in [1.807, 2.05) is 6.92 Å². The van der Waals surface area contributed by atoms with Crippen molar-refractivity contribution in [1.29, 1.82) is 0 Å². The molecule has 122 valence electrons. The summed E-state index contributed by atoms with van der Waals surface area (Å²) in [5.74, 6) is 0.864. The predicted molar refractivity (Wildman–Crippen MR) is 90.2 cm³/mol. The van der Waals surface area contributed by atoms with E-state index >= 15 is 0 Å². The van der Waals surface area contributed by atoms with E-state index in [1.165, 1.54) is 21.3 Å². The highest BCUT2D eigenvalue weighted by molar-refractivity contribution is 6.30. The lowest BCUT2D eigenvalue weighted by molar-refractivity contribution is 0.102. The van der Waals surface area contributed by atoms with Crippen molar-refractivity contribution in [2.24, 2.45) is 0 Å². The Morgan fingerprint density at radius 3 is 2.26 bits per heavy atom. The summed E-state index contributed by atoms with van der Waals surface area (Å²) in [4.78, 5) is 12.6. The summed E-state index contributed by atoms with van der Waals surface area (Å²) in [6.45, 7) is 1.87. The first-order chi connectivity index (χ1) is 11.0. The molecule has 0 saturated heterocycles. The number of rotatable bonds is 5. The summed E-state index contributed by atoms with van der Waals surface area (Å²) in [5.41, 5.74) is 1.89. The number of hydrogen-bond donors (Lipinski definition) is 1. The fraction of sp³-hybridized carbons (Fsp3) is 0.235. The molecule has 0 saturated carbocycles. The Morgan fingerprint density at radius 1 is 1.00 bits per heavy atom. The van der Waals surface area contributed by atoms with Crippen molar-refractivity contribution < 1.29 is 19.0 Å². The van der Waals surface area contributed by atoms with Gasteiger partial charge < -0.3 is 19.5 Å². The lowest BCUT2D eigenvalue weighted by atomic mass is 10.1. The molecular weight excluding hydrogens is 318 g/mol. The number of anilines is 1. The first-order valence-corrected chi connectivity index (χ1v) is 7.26. The van der Waals surface area contributed by atoms with Gasteiger partial charge in [-0.15, -0.1) is 0 Å². The lowest BCUT2D eigenvalue weighted by Crippen LogP contribution is -2.14. The lowest BCUT2D eigenvalue weighted by Gasteiger charge is -2.16. The van der Waals surface area contributed by atoms with Crippen LogP contribution in [0.4, 0.5) is 5.69 Å². The van der Waals surface area contributed by atoms with Gasteiger partial charge in [0.1, 0.15) is 0 Å². The predicted octanol–water partition coefficient (Wildman–Crippen LogP) is 3.93. The van der Waals surface area contributed by atoms with Gasteiger partial charge in [-0.3, -0.25) is 4.79 Å². The zero-order valence-corrected chi connectivity index (χ0v) is 14.2. The van der Waals surface area contributed by atoms with Crippen LogP contribution in [0.2, 0.25) is 5.02 Å². The standard InChI is InChI=1S/C17H18ClNO4/c1-10-9-11(18)5-7-13(10)19-17(20)12-6-8-14(21-2)16(23-4)15(12)22-3/h5-9H,1-4H3,(H,19,20). The molecule has 2 rings (SSSR count). The highest BCUT2D eigenvalue weighted by Crippen LogP contribution is 2.40. The molecule has 6 heteroatoms. The van der Waals surface area contributed by atoms with E-state index in [9.17, 15) is 4.79 Å². The van der Waals surface area contributed by atoms with Crippen molar-refractivity contribution in [2.75, 3.05) is 26.6 Å². The molecule has 0 radical (unpaired) electrons. The number of halogens is 1. The highest BCUT2D eigenvalue weighted by Gasteiger charge is 2.21. The Balaban J connectivity index is 2.39. The normalized spacial score (nSPS) is 10.1. The Kier molecular flexibility index (Phi) is 5.34. The van der Waals surface area contributed by atoms with Crippen LogP contribution in [-0.4, -0.2) is 27.2 Å². The van der Waals surface area contributed by atoms with E-state index in [-0.39, 0.29) is 5.91 Å². The fourth-order valence-electron chi connectivity index (χ4n) is 2.24. The van der Waals surface area contributed by atoms with Crippen LogP contribution >= 0.6 is 11.6 Å². The van der Waals surface area contributed by atoms with Crippen molar-refractivity contribution in [2.45, 2.75) is 6.92 Å². The van der Waals surface area contributed by atoms with Crippen molar-refractivity contribution in [3.8, 4) is 17.2 Å². The molecule has 0 aliphatic heterocycles. The van der Waals surface area contributed by atoms with Gasteiger partial charge in [0.2, 0.25) is 5.75 Å². The van der Waals surface area contributed by atoms with Gasteiger partial charge in [0, 0.05) is 10.7 Å². The monoisotopic (exact) mass is 335 g/mol. The number of carbonyl (C=O) groups is 1. The van der Waals surface area contributed by atoms with E-state index in [2.05, 4.69) is 5.32 Å². The molecule has 0 aliphatic rings. The van der Waals surface area contributed by atoms with Gasteiger partial charge in [-0.1, -0.05) is 11.6 Å². The van der Waals surface area contributed by atoms with E-state index in [1.54, 1.807) is 30.3 Å². The molecule has 0 aliphatic carbocycles. The topological polar surface area (TPSA) is 56.8 Å². The first kappa shape index (κ1) is 17.0. The molecule has 2 aromatic rings. The zero-order chi connectivity index (χ0) is 17.0. The van der Waals surface area contributed by atoms with Crippen LogP contribution in [-0.2, 0) is 0 Å². The van der Waals surface area contributed by atoms with Gasteiger partial charge in [-0.05, 0) is 42.8 Å². The zero-order valence-electron chi connectivity index (χ0n) is 13.4. The highest BCUT2D eigenvalue weighted by atomic mass is 35.5. The van der Waals surface area contributed by atoms with E-state index in [0.29, 0.717) is 33.5 Å². The van der Waals surface area contributed by atoms with Crippen LogP contribution < -0.4 is 19.5 Å². The summed E-state index contributed by atoms with van der Waals surface area (Å²) >= 11 is 5.93. The third kappa shape index (κ3) is 3.51. The molecule has 0 fully saturated rings. The molecule has 1 N–H and O–H groups in total. The number of ether oxygens (including phenoxy) is 3. The molecule has 0 unspecified atom stereocenters. The van der Waals surface area contributed by atoms with E-state index < -0.39 is 0 Å². The summed E-state index contributed by atoms with van der Waals surface area (Å²) in [6.07, 6.45) is 0. The van der Waals surface area contributed by atoms with Crippen LogP contribution in [0, 0.1) is 6.92 Å². The molecule has 0 bridgehead atoms. The average Bonchev–Trinajstić information content (AvgIpc) is 2.55. The van der Waals surface area contributed by atoms with Crippen LogP contribution in [0.5, 0.6) is 17.2 Å². The minimum atomic E-state index is -0.312. The second-order valence-electron chi connectivity index (χ2n) is 4.80. The number of benzene rings is 2. The second kappa shape index (κ2) is 7.24. The fourth-order valence-corrected chi connectivity index (χ4v) is 2.46. The van der Waals surface area contributed by atoms with E-state index in [0.717, 1.165) is 5.56 Å². The largest absolute Gasteiger partial charge is 0.493 e. The van der Waals surface area contributed by atoms with Crippen molar-refractivity contribution in [3.05, 3.63) is 46.5 Å². The Hall–Kier alpha value is -2.40. The molecule has 23 heavy (non-hydrogen) atoms. The van der Waals surface area contributed by atoms with Gasteiger partial charge >= 0.3 is 0 Å². The maximum absolute atomic E-state index is 12.6. The molecule has 5 nitrogen and oxygen atoms in total. The summed E-state index contributed by atoms with van der Waals surface area (Å²) in [6, 6.07) is 8.54. The Morgan fingerprint density at radius 2 is 1.70 bits per heavy atom. The van der Waals surface area contributed by atoms with Gasteiger partial charge in [-0.25, -0.2) is 0 Å². The second-order valence-corrected chi connectivity index (χ2v) is 5.23. The number of nitrogens with one attached hydrogen (secondary N) is 1. The Labute approximate surface area is 140 Å². The summed E-state index contributed by atoms with van der Waals surface area (Å²) in [7, 11) is 4.49. The van der Waals surface area contributed by atoms with E-state index in [4.69, 9.17) is 25.8 Å². The third-order valence-electron chi connectivity index (χ3n) is 3.39. The maximum Gasteiger partial charge on any atom is 0.259 e. The van der Waals surface area contributed by atoms with Gasteiger partial charge in [-0.2, -0.15) is 0 Å². The van der Waals surface area contributed by atoms with Crippen LogP contribution in [0.1, 0.15) is 15.9 Å².